The molecule has 1 aromatic heterocycles. The van der Waals surface area contributed by atoms with Gasteiger partial charge in [-0.25, -0.2) is 4.98 Å². The van der Waals surface area contributed by atoms with Crippen LogP contribution in [0, 0.1) is 0 Å². The summed E-state index contributed by atoms with van der Waals surface area (Å²) in [4.78, 5) is 4.19. The van der Waals surface area contributed by atoms with Crippen LogP contribution in [0.3, 0.4) is 0 Å². The van der Waals surface area contributed by atoms with Gasteiger partial charge in [-0.3, -0.25) is 0 Å². The van der Waals surface area contributed by atoms with Crippen LogP contribution in [0.5, 0.6) is 5.75 Å². The van der Waals surface area contributed by atoms with E-state index in [1.165, 1.54) is 0 Å². The highest BCUT2D eigenvalue weighted by Gasteiger charge is 2.03. The first kappa shape index (κ1) is 11.3. The molecule has 0 bridgehead atoms. The van der Waals surface area contributed by atoms with Crippen molar-refractivity contribution in [3.63, 3.8) is 0 Å². The molecule has 0 radical (unpaired) electrons. The van der Waals surface area contributed by atoms with E-state index in [9.17, 15) is 0 Å². The number of hydrogen-bond donors (Lipinski definition) is 2. The van der Waals surface area contributed by atoms with Gasteiger partial charge in [0.2, 0.25) is 0 Å². The van der Waals surface area contributed by atoms with Crippen LogP contribution in [0.1, 0.15) is 5.56 Å². The molecule has 0 saturated carbocycles. The third-order valence-corrected chi connectivity index (χ3v) is 2.43. The van der Waals surface area contributed by atoms with Crippen LogP contribution in [-0.2, 0) is 6.54 Å². The lowest BCUT2D eigenvalue weighted by Gasteiger charge is -2.10. The fraction of sp³-hybridized carbons (Fsp3) is 0.154. The Morgan fingerprint density at radius 2 is 2.18 bits per heavy atom. The number of benzene rings is 1. The van der Waals surface area contributed by atoms with Gasteiger partial charge in [0.25, 0.3) is 0 Å². The van der Waals surface area contributed by atoms with Crippen LogP contribution >= 0.6 is 0 Å². The molecule has 2 aromatic rings. The number of hydrogen-bond acceptors (Lipinski definition) is 4. The van der Waals surface area contributed by atoms with Gasteiger partial charge in [0, 0.05) is 24.0 Å². The third kappa shape index (κ3) is 2.87. The minimum Gasteiger partial charge on any atom is -0.496 e. The number of pyridine rings is 1. The Hall–Kier alpha value is -2.23. The van der Waals surface area contributed by atoms with Gasteiger partial charge in [-0.15, -0.1) is 0 Å². The molecule has 4 nitrogen and oxygen atoms in total. The Morgan fingerprint density at radius 1 is 1.29 bits per heavy atom. The van der Waals surface area contributed by atoms with E-state index >= 15 is 0 Å². The smallest absolute Gasteiger partial charge is 0.126 e. The Balaban J connectivity index is 2.11. The number of nitrogens with two attached hydrogens (primary N) is 1. The number of ether oxygens (including phenoxy) is 1. The summed E-state index contributed by atoms with van der Waals surface area (Å²) >= 11 is 0. The van der Waals surface area contributed by atoms with E-state index in [2.05, 4.69) is 10.3 Å². The summed E-state index contributed by atoms with van der Waals surface area (Å²) in [5.41, 5.74) is 7.49. The molecule has 0 atom stereocenters. The van der Waals surface area contributed by atoms with Crippen molar-refractivity contribution < 1.29 is 4.74 Å². The third-order valence-electron chi connectivity index (χ3n) is 2.43. The van der Waals surface area contributed by atoms with Gasteiger partial charge in [0.05, 0.1) is 7.11 Å². The van der Waals surface area contributed by atoms with Crippen LogP contribution in [0.15, 0.2) is 42.6 Å². The van der Waals surface area contributed by atoms with Crippen LogP contribution < -0.4 is 15.8 Å². The van der Waals surface area contributed by atoms with Gasteiger partial charge in [0.1, 0.15) is 11.6 Å². The SMILES string of the molecule is COc1ccc(N)cc1CNc1ccccn1. The monoisotopic (exact) mass is 229 g/mol. The minimum atomic E-state index is 0.630. The standard InChI is InChI=1S/C13H15N3O/c1-17-12-6-5-11(14)8-10(12)9-16-13-4-2-3-7-15-13/h2-8H,9,14H2,1H3,(H,15,16). The zero-order chi connectivity index (χ0) is 12.1. The molecule has 4 heteroatoms. The summed E-state index contributed by atoms with van der Waals surface area (Å²) in [6, 6.07) is 11.3. The number of nitrogens with one attached hydrogen (secondary N) is 1. The second-order valence-electron chi connectivity index (χ2n) is 3.64. The Bertz CT molecular complexity index is 485. The number of nitrogen functional groups attached to an aromatic ring is 1. The first-order valence-electron chi connectivity index (χ1n) is 5.37. The maximum Gasteiger partial charge on any atom is 0.126 e. The highest BCUT2D eigenvalue weighted by atomic mass is 16.5. The largest absolute Gasteiger partial charge is 0.496 e. The summed E-state index contributed by atoms with van der Waals surface area (Å²) in [7, 11) is 1.65. The van der Waals surface area contributed by atoms with Crippen molar-refractivity contribution in [1.82, 2.24) is 4.98 Å². The molecule has 88 valence electrons. The van der Waals surface area contributed by atoms with E-state index in [0.717, 1.165) is 22.8 Å². The average Bonchev–Trinajstić information content (AvgIpc) is 2.38. The molecule has 0 spiro atoms. The molecule has 0 unspecified atom stereocenters. The lowest BCUT2D eigenvalue weighted by molar-refractivity contribution is 0.410. The van der Waals surface area contributed by atoms with Gasteiger partial charge < -0.3 is 15.8 Å². The molecular formula is C13H15N3O. The van der Waals surface area contributed by atoms with E-state index < -0.39 is 0 Å². The summed E-state index contributed by atoms with van der Waals surface area (Å²) in [6.45, 7) is 0.630. The molecule has 0 amide bonds. The quantitative estimate of drug-likeness (QED) is 0.790. The zero-order valence-electron chi connectivity index (χ0n) is 9.68. The summed E-state index contributed by atoms with van der Waals surface area (Å²) in [5.74, 6) is 1.65. The molecule has 0 fully saturated rings. The molecule has 0 saturated heterocycles. The van der Waals surface area contributed by atoms with Crippen molar-refractivity contribution in [2.75, 3.05) is 18.2 Å². The molecule has 0 aliphatic carbocycles. The summed E-state index contributed by atoms with van der Waals surface area (Å²) < 4.78 is 5.27. The lowest BCUT2D eigenvalue weighted by Crippen LogP contribution is -2.03. The van der Waals surface area contributed by atoms with Crippen LogP contribution in [-0.4, -0.2) is 12.1 Å². The fourth-order valence-corrected chi connectivity index (χ4v) is 1.59. The van der Waals surface area contributed by atoms with Gasteiger partial charge in [-0.05, 0) is 30.3 Å². The predicted molar refractivity (Wildman–Crippen MR) is 69.0 cm³/mol. The molecule has 1 heterocycles. The molecule has 17 heavy (non-hydrogen) atoms. The van der Waals surface area contributed by atoms with Crippen molar-refractivity contribution in [2.24, 2.45) is 0 Å². The van der Waals surface area contributed by atoms with E-state index in [1.807, 2.05) is 36.4 Å². The van der Waals surface area contributed by atoms with Gasteiger partial charge in [-0.2, -0.15) is 0 Å². The Kier molecular flexibility index (Phi) is 3.45. The number of aromatic nitrogens is 1. The first-order chi connectivity index (χ1) is 8.29. The van der Waals surface area contributed by atoms with Crippen molar-refractivity contribution >= 4 is 11.5 Å². The molecule has 2 rings (SSSR count). The lowest BCUT2D eigenvalue weighted by atomic mass is 10.2. The molecule has 3 N–H and O–H groups in total. The number of methoxy groups -OCH3 is 1. The van der Waals surface area contributed by atoms with Crippen molar-refractivity contribution in [1.29, 1.82) is 0 Å². The predicted octanol–water partition coefficient (Wildman–Crippen LogP) is 2.28. The second-order valence-corrected chi connectivity index (χ2v) is 3.64. The van der Waals surface area contributed by atoms with Gasteiger partial charge >= 0.3 is 0 Å². The Morgan fingerprint density at radius 3 is 2.88 bits per heavy atom. The van der Waals surface area contributed by atoms with Crippen molar-refractivity contribution in [3.8, 4) is 5.75 Å². The number of nitrogens with zero attached hydrogens (tertiary/aromatic N) is 1. The first-order valence-corrected chi connectivity index (χ1v) is 5.37. The molecule has 0 aliphatic heterocycles. The fourth-order valence-electron chi connectivity index (χ4n) is 1.59. The van der Waals surface area contributed by atoms with Crippen molar-refractivity contribution in [3.05, 3.63) is 48.2 Å². The average molecular weight is 229 g/mol. The zero-order valence-corrected chi connectivity index (χ0v) is 9.68. The van der Waals surface area contributed by atoms with Crippen LogP contribution in [0.25, 0.3) is 0 Å². The van der Waals surface area contributed by atoms with E-state index in [1.54, 1.807) is 13.3 Å². The van der Waals surface area contributed by atoms with E-state index in [0.29, 0.717) is 6.54 Å². The minimum absolute atomic E-state index is 0.630. The van der Waals surface area contributed by atoms with E-state index in [-0.39, 0.29) is 0 Å². The van der Waals surface area contributed by atoms with E-state index in [4.69, 9.17) is 10.5 Å². The number of anilines is 2. The summed E-state index contributed by atoms with van der Waals surface area (Å²) in [6.07, 6.45) is 1.75. The van der Waals surface area contributed by atoms with Crippen molar-refractivity contribution in [2.45, 2.75) is 6.54 Å². The highest BCUT2D eigenvalue weighted by Crippen LogP contribution is 2.21. The molecular weight excluding hydrogens is 214 g/mol. The molecule has 0 aliphatic rings. The van der Waals surface area contributed by atoms with Gasteiger partial charge in [-0.1, -0.05) is 6.07 Å². The normalized spacial score (nSPS) is 9.94. The number of rotatable bonds is 4. The maximum absolute atomic E-state index is 5.75. The molecule has 1 aromatic carbocycles. The highest BCUT2D eigenvalue weighted by molar-refractivity contribution is 5.49. The maximum atomic E-state index is 5.75. The summed E-state index contributed by atoms with van der Waals surface area (Å²) in [5, 5.41) is 3.22. The second kappa shape index (κ2) is 5.21. The van der Waals surface area contributed by atoms with Crippen LogP contribution in [0.2, 0.25) is 0 Å². The topological polar surface area (TPSA) is 60.2 Å². The van der Waals surface area contributed by atoms with Gasteiger partial charge in [0.15, 0.2) is 0 Å². The van der Waals surface area contributed by atoms with Crippen LogP contribution in [0.4, 0.5) is 11.5 Å². The Labute approximate surface area is 100 Å².